The SMILES string of the molecule is CCO[P@@](=O)(c1cc(C)cc(C)c1)c1c(C(N)=O)[nH]c2ccc(Cl)cc12. The van der Waals surface area contributed by atoms with Crippen molar-refractivity contribution < 1.29 is 13.9 Å². The van der Waals surface area contributed by atoms with Crippen molar-refractivity contribution in [1.82, 2.24) is 4.98 Å². The first kappa shape index (κ1) is 18.7. The van der Waals surface area contributed by atoms with Crippen molar-refractivity contribution in [3.63, 3.8) is 0 Å². The third kappa shape index (κ3) is 3.18. The topological polar surface area (TPSA) is 85.2 Å². The summed E-state index contributed by atoms with van der Waals surface area (Å²) in [4.78, 5) is 15.0. The van der Waals surface area contributed by atoms with E-state index < -0.39 is 13.3 Å². The number of aryl methyl sites for hydroxylation is 2. The van der Waals surface area contributed by atoms with E-state index in [0.29, 0.717) is 21.2 Å². The summed E-state index contributed by atoms with van der Waals surface area (Å²) in [7, 11) is -3.58. The second-order valence-corrected chi connectivity index (χ2v) is 8.98. The van der Waals surface area contributed by atoms with Crippen molar-refractivity contribution >= 4 is 46.4 Å². The zero-order chi connectivity index (χ0) is 19.1. The summed E-state index contributed by atoms with van der Waals surface area (Å²) in [6.07, 6.45) is 0. The Morgan fingerprint density at radius 3 is 2.42 bits per heavy atom. The first-order valence-electron chi connectivity index (χ1n) is 8.21. The van der Waals surface area contributed by atoms with Crippen LogP contribution >= 0.6 is 19.0 Å². The molecule has 0 aliphatic rings. The fourth-order valence-corrected chi connectivity index (χ4v) is 5.99. The third-order valence-corrected chi connectivity index (χ3v) is 6.98. The predicted molar refractivity (Wildman–Crippen MR) is 106 cm³/mol. The van der Waals surface area contributed by atoms with Crippen LogP contribution in [0.15, 0.2) is 36.4 Å². The first-order chi connectivity index (χ1) is 12.3. The summed E-state index contributed by atoms with van der Waals surface area (Å²) < 4.78 is 19.9. The highest BCUT2D eigenvalue weighted by molar-refractivity contribution is 7.75. The number of H-pyrrole nitrogens is 1. The number of hydrogen-bond acceptors (Lipinski definition) is 3. The van der Waals surface area contributed by atoms with E-state index >= 15 is 0 Å². The van der Waals surface area contributed by atoms with E-state index in [9.17, 15) is 9.36 Å². The van der Waals surface area contributed by atoms with Crippen LogP contribution < -0.4 is 16.3 Å². The smallest absolute Gasteiger partial charge is 0.266 e. The molecule has 136 valence electrons. The number of benzene rings is 2. The van der Waals surface area contributed by atoms with Gasteiger partial charge in [0, 0.05) is 21.2 Å². The molecule has 0 radical (unpaired) electrons. The van der Waals surface area contributed by atoms with Crippen LogP contribution in [0.1, 0.15) is 28.5 Å². The first-order valence-corrected chi connectivity index (χ1v) is 10.2. The van der Waals surface area contributed by atoms with Crippen LogP contribution in [0, 0.1) is 13.8 Å². The fourth-order valence-electron chi connectivity index (χ4n) is 3.20. The molecular formula is C19H20ClN2O3P. The van der Waals surface area contributed by atoms with Gasteiger partial charge in [-0.1, -0.05) is 28.8 Å². The van der Waals surface area contributed by atoms with Crippen molar-refractivity contribution in [1.29, 1.82) is 0 Å². The number of nitrogens with one attached hydrogen (secondary N) is 1. The molecule has 0 aliphatic carbocycles. The summed E-state index contributed by atoms with van der Waals surface area (Å²) >= 11 is 6.14. The summed E-state index contributed by atoms with van der Waals surface area (Å²) in [6, 6.07) is 10.7. The molecule has 3 rings (SSSR count). The van der Waals surface area contributed by atoms with Gasteiger partial charge in [0.15, 0.2) is 0 Å². The number of amides is 1. The number of aromatic nitrogens is 1. The van der Waals surface area contributed by atoms with Gasteiger partial charge in [-0.2, -0.15) is 0 Å². The summed E-state index contributed by atoms with van der Waals surface area (Å²) in [5.74, 6) is -0.698. The second kappa shape index (κ2) is 6.92. The molecule has 0 fully saturated rings. The van der Waals surface area contributed by atoms with E-state index in [1.807, 2.05) is 32.0 Å². The largest absolute Gasteiger partial charge is 0.364 e. The minimum atomic E-state index is -3.58. The fraction of sp³-hybridized carbons (Fsp3) is 0.211. The molecule has 5 nitrogen and oxygen atoms in total. The van der Waals surface area contributed by atoms with E-state index in [0.717, 1.165) is 11.1 Å². The lowest BCUT2D eigenvalue weighted by molar-refractivity contribution is 0.0997. The third-order valence-electron chi connectivity index (χ3n) is 4.13. The number of rotatable bonds is 5. The van der Waals surface area contributed by atoms with Crippen molar-refractivity contribution in [3.8, 4) is 0 Å². The van der Waals surface area contributed by atoms with Crippen LogP contribution in [0.25, 0.3) is 10.9 Å². The molecule has 3 N–H and O–H groups in total. The predicted octanol–water partition coefficient (Wildman–Crippen LogP) is 3.80. The Labute approximate surface area is 156 Å². The molecule has 0 saturated carbocycles. The average Bonchev–Trinajstić information content (AvgIpc) is 2.93. The van der Waals surface area contributed by atoms with Crippen LogP contribution in [0.2, 0.25) is 5.02 Å². The molecule has 1 amide bonds. The number of primary amides is 1. The number of carbonyl (C=O) groups excluding carboxylic acids is 1. The zero-order valence-electron chi connectivity index (χ0n) is 14.8. The minimum absolute atomic E-state index is 0.0817. The highest BCUT2D eigenvalue weighted by atomic mass is 35.5. The number of hydrogen-bond donors (Lipinski definition) is 2. The molecule has 3 aromatic rings. The van der Waals surface area contributed by atoms with Crippen molar-refractivity contribution in [2.75, 3.05) is 6.61 Å². The van der Waals surface area contributed by atoms with Crippen molar-refractivity contribution in [2.45, 2.75) is 20.8 Å². The van der Waals surface area contributed by atoms with Gasteiger partial charge in [-0.3, -0.25) is 9.36 Å². The maximum Gasteiger partial charge on any atom is 0.266 e. The van der Waals surface area contributed by atoms with E-state index in [-0.39, 0.29) is 17.6 Å². The van der Waals surface area contributed by atoms with E-state index in [1.54, 1.807) is 25.1 Å². The van der Waals surface area contributed by atoms with E-state index in [2.05, 4.69) is 4.98 Å². The number of aromatic amines is 1. The van der Waals surface area contributed by atoms with Gasteiger partial charge >= 0.3 is 0 Å². The lowest BCUT2D eigenvalue weighted by atomic mass is 10.2. The van der Waals surface area contributed by atoms with Crippen molar-refractivity contribution in [3.05, 3.63) is 58.2 Å². The van der Waals surface area contributed by atoms with Gasteiger partial charge < -0.3 is 15.2 Å². The standard InChI is InChI=1S/C19H20ClN2O3P/c1-4-25-26(24,14-8-11(2)7-12(3)9-14)18-15-10-13(20)5-6-16(15)22-17(18)19(21)23/h5-10,22H,4H2,1-3H3,(H2,21,23)/t26-/m0/s1. The Balaban J connectivity index is 2.42. The molecule has 2 aromatic carbocycles. The number of fused-ring (bicyclic) bond motifs is 1. The Bertz CT molecular complexity index is 1040. The Hall–Kier alpha value is -2.07. The zero-order valence-corrected chi connectivity index (χ0v) is 16.4. The van der Waals surface area contributed by atoms with Crippen LogP contribution in [0.4, 0.5) is 0 Å². The normalized spacial score (nSPS) is 13.7. The molecule has 26 heavy (non-hydrogen) atoms. The average molecular weight is 391 g/mol. The molecule has 0 aliphatic heterocycles. The van der Waals surface area contributed by atoms with Gasteiger partial charge in [0.25, 0.3) is 13.3 Å². The molecule has 1 atom stereocenters. The molecular weight excluding hydrogens is 371 g/mol. The number of nitrogens with two attached hydrogens (primary N) is 1. The minimum Gasteiger partial charge on any atom is -0.364 e. The Morgan fingerprint density at radius 1 is 1.19 bits per heavy atom. The number of carbonyl (C=O) groups is 1. The second-order valence-electron chi connectivity index (χ2n) is 6.22. The van der Waals surface area contributed by atoms with Crippen LogP contribution in [0.3, 0.4) is 0 Å². The highest BCUT2D eigenvalue weighted by Gasteiger charge is 2.36. The van der Waals surface area contributed by atoms with Crippen LogP contribution in [-0.2, 0) is 9.09 Å². The van der Waals surface area contributed by atoms with Gasteiger partial charge in [0.2, 0.25) is 0 Å². The van der Waals surface area contributed by atoms with Gasteiger partial charge in [-0.25, -0.2) is 0 Å². The molecule has 1 heterocycles. The molecule has 0 bridgehead atoms. The number of halogens is 1. The Kier molecular flexibility index (Phi) is 4.98. The lowest BCUT2D eigenvalue weighted by Crippen LogP contribution is -2.26. The van der Waals surface area contributed by atoms with Gasteiger partial charge in [-0.05, 0) is 51.1 Å². The van der Waals surface area contributed by atoms with E-state index in [4.69, 9.17) is 21.9 Å². The molecule has 0 unspecified atom stereocenters. The summed E-state index contributed by atoms with van der Waals surface area (Å²) in [5.41, 5.74) is 8.19. The summed E-state index contributed by atoms with van der Waals surface area (Å²) in [5, 5.41) is 1.84. The van der Waals surface area contributed by atoms with Crippen LogP contribution in [-0.4, -0.2) is 17.5 Å². The quantitative estimate of drug-likeness (QED) is 0.650. The molecule has 1 aromatic heterocycles. The highest BCUT2D eigenvalue weighted by Crippen LogP contribution is 2.48. The van der Waals surface area contributed by atoms with Gasteiger partial charge in [0.1, 0.15) is 5.69 Å². The monoisotopic (exact) mass is 390 g/mol. The maximum atomic E-state index is 14.1. The van der Waals surface area contributed by atoms with E-state index in [1.165, 1.54) is 0 Å². The Morgan fingerprint density at radius 2 is 1.85 bits per heavy atom. The van der Waals surface area contributed by atoms with Gasteiger partial charge in [0.05, 0.1) is 11.9 Å². The molecule has 0 saturated heterocycles. The summed E-state index contributed by atoms with van der Waals surface area (Å²) in [6.45, 7) is 5.83. The van der Waals surface area contributed by atoms with Gasteiger partial charge in [-0.15, -0.1) is 0 Å². The molecule has 0 spiro atoms. The lowest BCUT2D eigenvalue weighted by Gasteiger charge is -2.20. The van der Waals surface area contributed by atoms with Crippen molar-refractivity contribution in [2.24, 2.45) is 5.73 Å². The maximum absolute atomic E-state index is 14.1. The van der Waals surface area contributed by atoms with Crippen LogP contribution in [0.5, 0.6) is 0 Å². The molecule has 7 heteroatoms.